The zero-order chi connectivity index (χ0) is 12.9. The zero-order valence-electron chi connectivity index (χ0n) is 9.89. The maximum atomic E-state index is 11.2. The molecule has 0 bridgehead atoms. The molecule has 1 saturated carbocycles. The summed E-state index contributed by atoms with van der Waals surface area (Å²) in [6.07, 6.45) is 2.40. The van der Waals surface area contributed by atoms with Gasteiger partial charge in [-0.15, -0.1) is 0 Å². The Morgan fingerprint density at radius 2 is 1.94 bits per heavy atom. The zero-order valence-corrected chi connectivity index (χ0v) is 10.7. The van der Waals surface area contributed by atoms with Crippen molar-refractivity contribution < 1.29 is 22.5 Å². The van der Waals surface area contributed by atoms with Crippen molar-refractivity contribution in [1.29, 1.82) is 0 Å². The molecule has 2 N–H and O–H groups in total. The lowest BCUT2D eigenvalue weighted by Crippen LogP contribution is -2.38. The van der Waals surface area contributed by atoms with E-state index in [0.29, 0.717) is 19.4 Å². The fourth-order valence-corrected chi connectivity index (χ4v) is 3.04. The molecule has 1 aliphatic carbocycles. The van der Waals surface area contributed by atoms with Crippen LogP contribution in [0.15, 0.2) is 0 Å². The lowest BCUT2D eigenvalue weighted by atomic mass is 9.87. The average molecular weight is 265 g/mol. The summed E-state index contributed by atoms with van der Waals surface area (Å²) >= 11 is 0. The van der Waals surface area contributed by atoms with E-state index in [4.69, 9.17) is 9.29 Å². The molecule has 1 aliphatic rings. The van der Waals surface area contributed by atoms with E-state index in [9.17, 15) is 13.2 Å². The van der Waals surface area contributed by atoms with Gasteiger partial charge in [0.25, 0.3) is 10.1 Å². The van der Waals surface area contributed by atoms with Crippen molar-refractivity contribution in [3.05, 3.63) is 0 Å². The van der Waals surface area contributed by atoms with Gasteiger partial charge in [-0.3, -0.25) is 4.55 Å². The second-order valence-corrected chi connectivity index (χ2v) is 5.83. The largest absolute Gasteiger partial charge is 0.450 e. The van der Waals surface area contributed by atoms with Crippen molar-refractivity contribution in [2.75, 3.05) is 12.4 Å². The molecule has 0 unspecified atom stereocenters. The molecule has 0 atom stereocenters. The lowest BCUT2D eigenvalue weighted by Gasteiger charge is -2.27. The number of hydrogen-bond donors (Lipinski definition) is 2. The summed E-state index contributed by atoms with van der Waals surface area (Å²) in [5, 5.41) is 2.73. The lowest BCUT2D eigenvalue weighted by molar-refractivity contribution is 0.143. The number of amides is 1. The van der Waals surface area contributed by atoms with Crippen LogP contribution in [0.2, 0.25) is 0 Å². The summed E-state index contributed by atoms with van der Waals surface area (Å²) < 4.78 is 34.9. The monoisotopic (exact) mass is 265 g/mol. The predicted octanol–water partition coefficient (Wildman–Crippen LogP) is 1.18. The molecule has 100 valence electrons. The predicted molar refractivity (Wildman–Crippen MR) is 62.3 cm³/mol. The number of alkyl carbamates (subject to hydrolysis) is 1. The van der Waals surface area contributed by atoms with Gasteiger partial charge in [-0.1, -0.05) is 0 Å². The molecule has 6 nitrogen and oxygen atoms in total. The van der Waals surface area contributed by atoms with Crippen LogP contribution in [-0.2, 0) is 14.9 Å². The highest BCUT2D eigenvalue weighted by molar-refractivity contribution is 7.85. The number of ether oxygens (including phenoxy) is 1. The van der Waals surface area contributed by atoms with Gasteiger partial charge in [-0.2, -0.15) is 8.42 Å². The summed E-state index contributed by atoms with van der Waals surface area (Å²) in [4.78, 5) is 11.2. The van der Waals surface area contributed by atoms with Crippen LogP contribution in [0.3, 0.4) is 0 Å². The van der Waals surface area contributed by atoms with Gasteiger partial charge in [0.1, 0.15) is 0 Å². The van der Waals surface area contributed by atoms with Crippen molar-refractivity contribution in [1.82, 2.24) is 5.32 Å². The fraction of sp³-hybridized carbons (Fsp3) is 0.900. The molecular formula is C10H19NO5S. The van der Waals surface area contributed by atoms with Gasteiger partial charge in [-0.05, 0) is 38.5 Å². The number of hydrogen-bond acceptors (Lipinski definition) is 4. The fourth-order valence-electron chi connectivity index (χ4n) is 2.11. The third-order valence-corrected chi connectivity index (χ3v) is 3.78. The van der Waals surface area contributed by atoms with Crippen molar-refractivity contribution in [3.8, 4) is 0 Å². The van der Waals surface area contributed by atoms with Crippen LogP contribution >= 0.6 is 0 Å². The van der Waals surface area contributed by atoms with Crippen molar-refractivity contribution in [3.63, 3.8) is 0 Å². The van der Waals surface area contributed by atoms with Crippen LogP contribution in [0.4, 0.5) is 4.79 Å². The van der Waals surface area contributed by atoms with Gasteiger partial charge in [0.2, 0.25) is 0 Å². The van der Waals surface area contributed by atoms with Crippen molar-refractivity contribution in [2.45, 2.75) is 38.6 Å². The molecule has 0 aromatic rings. The third-order valence-electron chi connectivity index (χ3n) is 2.89. The normalized spacial score (nSPS) is 25.3. The molecule has 1 amide bonds. The highest BCUT2D eigenvalue weighted by Gasteiger charge is 2.25. The highest BCUT2D eigenvalue weighted by Crippen LogP contribution is 2.25. The Kier molecular flexibility index (Phi) is 5.20. The Hall–Kier alpha value is -0.820. The third kappa shape index (κ3) is 5.88. The molecule has 1 fully saturated rings. The van der Waals surface area contributed by atoms with Crippen LogP contribution in [0.25, 0.3) is 0 Å². The minimum atomic E-state index is -3.88. The first-order valence-corrected chi connectivity index (χ1v) is 7.40. The number of rotatable bonds is 4. The van der Waals surface area contributed by atoms with E-state index in [2.05, 4.69) is 5.32 Å². The molecule has 7 heteroatoms. The van der Waals surface area contributed by atoms with Crippen LogP contribution < -0.4 is 5.32 Å². The standard InChI is InChI=1S/C10H19NO5S/c1-2-16-10(12)11-9-5-3-8(4-6-9)7-17(13,14)15/h8-9H,2-7H2,1H3,(H,11,12)(H,13,14,15). The van der Waals surface area contributed by atoms with Crippen molar-refractivity contribution >= 4 is 16.2 Å². The minimum Gasteiger partial charge on any atom is -0.450 e. The molecule has 0 saturated heterocycles. The summed E-state index contributed by atoms with van der Waals surface area (Å²) in [7, 11) is -3.88. The Morgan fingerprint density at radius 1 is 1.35 bits per heavy atom. The van der Waals surface area contributed by atoms with Gasteiger partial charge >= 0.3 is 6.09 Å². The average Bonchev–Trinajstić information content (AvgIpc) is 2.19. The Morgan fingerprint density at radius 3 is 2.41 bits per heavy atom. The molecule has 17 heavy (non-hydrogen) atoms. The molecule has 0 radical (unpaired) electrons. The molecule has 0 spiro atoms. The van der Waals surface area contributed by atoms with E-state index in [1.165, 1.54) is 0 Å². The molecule has 0 aliphatic heterocycles. The van der Waals surface area contributed by atoms with E-state index >= 15 is 0 Å². The van der Waals surface area contributed by atoms with Gasteiger partial charge < -0.3 is 10.1 Å². The molecule has 0 heterocycles. The first kappa shape index (κ1) is 14.2. The van der Waals surface area contributed by atoms with Gasteiger partial charge in [0.05, 0.1) is 12.4 Å². The van der Waals surface area contributed by atoms with Crippen LogP contribution in [0, 0.1) is 5.92 Å². The van der Waals surface area contributed by atoms with Gasteiger partial charge in [0.15, 0.2) is 0 Å². The minimum absolute atomic E-state index is 0.00903. The van der Waals surface area contributed by atoms with Crippen LogP contribution in [0.1, 0.15) is 32.6 Å². The number of carbonyl (C=O) groups is 1. The molecule has 1 rings (SSSR count). The Bertz CT molecular complexity index is 346. The Balaban J connectivity index is 2.28. The van der Waals surface area contributed by atoms with E-state index in [1.807, 2.05) is 0 Å². The van der Waals surface area contributed by atoms with E-state index < -0.39 is 16.2 Å². The molecule has 0 aromatic heterocycles. The quantitative estimate of drug-likeness (QED) is 0.744. The first-order valence-electron chi connectivity index (χ1n) is 5.79. The second kappa shape index (κ2) is 6.20. The highest BCUT2D eigenvalue weighted by atomic mass is 32.2. The van der Waals surface area contributed by atoms with Crippen molar-refractivity contribution in [2.24, 2.45) is 5.92 Å². The Labute approximate surface area is 101 Å². The van der Waals surface area contributed by atoms with Crippen LogP contribution in [-0.4, -0.2) is 37.5 Å². The van der Waals surface area contributed by atoms with Crippen LogP contribution in [0.5, 0.6) is 0 Å². The van der Waals surface area contributed by atoms with Gasteiger partial charge in [0, 0.05) is 6.04 Å². The maximum absolute atomic E-state index is 11.2. The summed E-state index contributed by atoms with van der Waals surface area (Å²) in [5.74, 6) is -0.190. The smallest absolute Gasteiger partial charge is 0.407 e. The van der Waals surface area contributed by atoms with E-state index in [-0.39, 0.29) is 17.7 Å². The summed E-state index contributed by atoms with van der Waals surface area (Å²) in [5.41, 5.74) is 0. The summed E-state index contributed by atoms with van der Waals surface area (Å²) in [6.45, 7) is 2.08. The van der Waals surface area contributed by atoms with Gasteiger partial charge in [-0.25, -0.2) is 4.79 Å². The molecule has 0 aromatic carbocycles. The maximum Gasteiger partial charge on any atom is 0.407 e. The number of nitrogens with one attached hydrogen (secondary N) is 1. The SMILES string of the molecule is CCOC(=O)NC1CCC(CS(=O)(=O)O)CC1. The van der Waals surface area contributed by atoms with E-state index in [0.717, 1.165) is 12.8 Å². The summed E-state index contributed by atoms with van der Waals surface area (Å²) in [6, 6.07) is 0.0479. The van der Waals surface area contributed by atoms with E-state index in [1.54, 1.807) is 6.92 Å². The first-order chi connectivity index (χ1) is 7.90. The second-order valence-electron chi connectivity index (χ2n) is 4.33. The topological polar surface area (TPSA) is 92.7 Å². The number of carbonyl (C=O) groups excluding carboxylic acids is 1. The molecular weight excluding hydrogens is 246 g/mol.